The summed E-state index contributed by atoms with van der Waals surface area (Å²) in [6, 6.07) is 2.42. The number of quaternary nitrogens is 1. The van der Waals surface area contributed by atoms with Crippen LogP contribution in [0.25, 0.3) is 0 Å². The molecule has 6 nitrogen and oxygen atoms in total. The van der Waals surface area contributed by atoms with E-state index in [4.69, 9.17) is 0 Å². The molecule has 0 aromatic heterocycles. The summed E-state index contributed by atoms with van der Waals surface area (Å²) >= 11 is 0. The third kappa shape index (κ3) is 3.97. The highest BCUT2D eigenvalue weighted by atomic mass is 32.2. The van der Waals surface area contributed by atoms with Crippen molar-refractivity contribution in [3.05, 3.63) is 29.8 Å². The Morgan fingerprint density at radius 2 is 1.85 bits per heavy atom. The number of amides is 1. The van der Waals surface area contributed by atoms with E-state index in [1.807, 2.05) is 0 Å². The first-order chi connectivity index (χ1) is 12.1. The summed E-state index contributed by atoms with van der Waals surface area (Å²) in [5, 5.41) is 9.80. The van der Waals surface area contributed by atoms with Gasteiger partial charge in [0.25, 0.3) is 0 Å². The van der Waals surface area contributed by atoms with Crippen LogP contribution in [0.1, 0.15) is 39.7 Å². The maximum Gasteiger partial charge on any atom is 0.514 e. The number of halogens is 3. The smallest absolute Gasteiger partial charge is 0.435 e. The summed E-state index contributed by atoms with van der Waals surface area (Å²) in [5.74, 6) is 0. The fourth-order valence-corrected chi connectivity index (χ4v) is 5.18. The molecule has 0 saturated carbocycles. The third-order valence-corrected chi connectivity index (χ3v) is 6.74. The average Bonchev–Trinajstić information content (AvgIpc) is 2.83. The highest BCUT2D eigenvalue weighted by molar-refractivity contribution is 7.89. The topological polar surface area (TPSA) is 83.5 Å². The molecular formula is C17H24F3N2O4S+. The van der Waals surface area contributed by atoms with Gasteiger partial charge < -0.3 is 5.11 Å². The van der Waals surface area contributed by atoms with Crippen molar-refractivity contribution in [1.29, 1.82) is 0 Å². The first-order valence-electron chi connectivity index (χ1n) is 8.42. The number of sulfonamides is 1. The zero-order chi connectivity index (χ0) is 20.8. The van der Waals surface area contributed by atoms with E-state index in [-0.39, 0.29) is 23.5 Å². The average molecular weight is 409 g/mol. The molecule has 1 amide bonds. The van der Waals surface area contributed by atoms with Crippen LogP contribution >= 0.6 is 0 Å². The zero-order valence-corrected chi connectivity index (χ0v) is 16.4. The van der Waals surface area contributed by atoms with E-state index >= 15 is 0 Å². The van der Waals surface area contributed by atoms with Crippen LogP contribution in [-0.2, 0) is 16.2 Å². The van der Waals surface area contributed by atoms with Crippen molar-refractivity contribution in [2.45, 2.75) is 62.8 Å². The van der Waals surface area contributed by atoms with Gasteiger partial charge in [-0.15, -0.1) is 0 Å². The number of hydrogen-bond acceptors (Lipinski definition) is 3. The van der Waals surface area contributed by atoms with E-state index in [1.165, 1.54) is 0 Å². The Hall–Kier alpha value is -1.65. The fourth-order valence-electron chi connectivity index (χ4n) is 3.89. The van der Waals surface area contributed by atoms with Crippen LogP contribution in [0, 0.1) is 0 Å². The maximum absolute atomic E-state index is 12.9. The predicted molar refractivity (Wildman–Crippen MR) is 92.5 cm³/mol. The van der Waals surface area contributed by atoms with Gasteiger partial charge in [0.05, 0.1) is 22.5 Å². The lowest BCUT2D eigenvalue weighted by Crippen LogP contribution is -2.65. The summed E-state index contributed by atoms with van der Waals surface area (Å²) in [5.41, 5.74) is -1.74. The maximum atomic E-state index is 12.9. The van der Waals surface area contributed by atoms with E-state index in [1.54, 1.807) is 27.7 Å². The fraction of sp³-hybridized carbons (Fsp3) is 0.588. The molecule has 1 fully saturated rings. The van der Waals surface area contributed by atoms with Crippen LogP contribution < -0.4 is 4.72 Å². The minimum atomic E-state index is -4.66. The van der Waals surface area contributed by atoms with Crippen molar-refractivity contribution < 1.29 is 36.0 Å². The summed E-state index contributed by atoms with van der Waals surface area (Å²) in [6.07, 6.45) is -5.45. The molecule has 1 aromatic carbocycles. The number of likely N-dealkylation sites (tertiary alicyclic amines) is 1. The van der Waals surface area contributed by atoms with E-state index in [0.29, 0.717) is 6.07 Å². The third-order valence-electron chi connectivity index (χ3n) is 5.22. The first kappa shape index (κ1) is 21.6. The summed E-state index contributed by atoms with van der Waals surface area (Å²) in [4.78, 5) is 11.5. The molecule has 1 heterocycles. The Labute approximate surface area is 156 Å². The largest absolute Gasteiger partial charge is 0.514 e. The van der Waals surface area contributed by atoms with Gasteiger partial charge >= 0.3 is 12.3 Å². The molecule has 1 unspecified atom stereocenters. The molecular weight excluding hydrogens is 385 g/mol. The number of carbonyl (C=O) groups is 1. The monoisotopic (exact) mass is 409 g/mol. The number of nitrogens with one attached hydrogen (secondary N) is 1. The summed E-state index contributed by atoms with van der Waals surface area (Å²) < 4.78 is 65.8. The van der Waals surface area contributed by atoms with E-state index < -0.39 is 44.3 Å². The molecule has 1 saturated heterocycles. The Morgan fingerprint density at radius 3 is 2.30 bits per heavy atom. The molecule has 1 aliphatic heterocycles. The molecule has 3 atom stereocenters. The van der Waals surface area contributed by atoms with Crippen molar-refractivity contribution in [3.63, 3.8) is 0 Å². The van der Waals surface area contributed by atoms with E-state index in [2.05, 4.69) is 4.72 Å². The predicted octanol–water partition coefficient (Wildman–Crippen LogP) is 3.44. The van der Waals surface area contributed by atoms with Gasteiger partial charge in [-0.3, -0.25) is 0 Å². The number of alkyl halides is 3. The first-order valence-corrected chi connectivity index (χ1v) is 9.90. The molecule has 0 radical (unpaired) electrons. The van der Waals surface area contributed by atoms with Gasteiger partial charge in [0.2, 0.25) is 10.0 Å². The minimum absolute atomic E-state index is 0.0121. The summed E-state index contributed by atoms with van der Waals surface area (Å²) in [7, 11) is -4.22. The molecule has 152 valence electrons. The Kier molecular flexibility index (Phi) is 5.41. The van der Waals surface area contributed by atoms with Crippen molar-refractivity contribution in [2.24, 2.45) is 0 Å². The standard InChI is InChI=1S/C17H23F3N2O4S/c1-11-8-13(10-22(11,15(23)24)16(2,3)4)21-27(25,26)14-7-5-6-12(9-14)17(18,19)20/h5-7,9,11,13,21H,8,10H2,1-4H3/p+1/t11-,13+,22?/m0/s1. The molecule has 0 aliphatic carbocycles. The Morgan fingerprint density at radius 1 is 1.26 bits per heavy atom. The highest BCUT2D eigenvalue weighted by Crippen LogP contribution is 2.37. The molecule has 2 N–H and O–H groups in total. The van der Waals surface area contributed by atoms with Crippen LogP contribution in [-0.4, -0.2) is 48.3 Å². The lowest BCUT2D eigenvalue weighted by atomic mass is 10.0. The normalized spacial score (nSPS) is 26.9. The number of hydrogen-bond donors (Lipinski definition) is 2. The van der Waals surface area contributed by atoms with Crippen molar-refractivity contribution in [2.75, 3.05) is 6.54 Å². The van der Waals surface area contributed by atoms with Gasteiger partial charge in [0, 0.05) is 6.42 Å². The second-order valence-corrected chi connectivity index (χ2v) is 9.65. The number of rotatable bonds is 3. The van der Waals surface area contributed by atoms with E-state index in [0.717, 1.165) is 18.2 Å². The van der Waals surface area contributed by atoms with Gasteiger partial charge in [0.1, 0.15) is 12.1 Å². The van der Waals surface area contributed by atoms with Gasteiger partial charge in [-0.2, -0.15) is 18.0 Å². The summed E-state index contributed by atoms with van der Waals surface area (Å²) in [6.45, 7) is 7.04. The SMILES string of the molecule is C[C@H]1C[C@@H](NS(=O)(=O)c2cccc(C(F)(F)F)c2)C[N+]1(C(=O)O)C(C)(C)C. The number of carboxylic acid groups (broad SMARTS) is 1. The van der Waals surface area contributed by atoms with E-state index in [9.17, 15) is 31.5 Å². The van der Waals surface area contributed by atoms with Gasteiger partial charge in [-0.25, -0.2) is 17.6 Å². The molecule has 1 aliphatic rings. The molecule has 27 heavy (non-hydrogen) atoms. The molecule has 10 heteroatoms. The van der Waals surface area contributed by atoms with Crippen molar-refractivity contribution >= 4 is 16.1 Å². The van der Waals surface area contributed by atoms with Gasteiger partial charge in [0.15, 0.2) is 0 Å². The van der Waals surface area contributed by atoms with Crippen LogP contribution in [0.15, 0.2) is 29.2 Å². The molecule has 1 aromatic rings. The second kappa shape index (κ2) is 6.75. The van der Waals surface area contributed by atoms with Gasteiger partial charge in [-0.1, -0.05) is 6.07 Å². The Bertz CT molecular complexity index is 833. The molecule has 0 spiro atoms. The van der Waals surface area contributed by atoms with Crippen LogP contribution in [0.2, 0.25) is 0 Å². The Balaban J connectivity index is 2.31. The van der Waals surface area contributed by atoms with Crippen molar-refractivity contribution in [1.82, 2.24) is 4.72 Å². The number of nitrogens with zero attached hydrogens (tertiary/aromatic N) is 1. The molecule has 0 bridgehead atoms. The van der Waals surface area contributed by atoms with Crippen LogP contribution in [0.5, 0.6) is 0 Å². The lowest BCUT2D eigenvalue weighted by Gasteiger charge is -2.43. The molecule has 2 rings (SSSR count). The zero-order valence-electron chi connectivity index (χ0n) is 15.5. The van der Waals surface area contributed by atoms with Gasteiger partial charge in [-0.05, 0) is 45.9 Å². The minimum Gasteiger partial charge on any atom is -0.435 e. The highest BCUT2D eigenvalue weighted by Gasteiger charge is 2.58. The quantitative estimate of drug-likeness (QED) is 0.749. The lowest BCUT2D eigenvalue weighted by molar-refractivity contribution is -0.913. The second-order valence-electron chi connectivity index (χ2n) is 7.93. The number of benzene rings is 1. The van der Waals surface area contributed by atoms with Crippen molar-refractivity contribution in [3.8, 4) is 0 Å². The van der Waals surface area contributed by atoms with Crippen LogP contribution in [0.4, 0.5) is 18.0 Å². The van der Waals surface area contributed by atoms with Crippen LogP contribution in [0.3, 0.4) is 0 Å².